The summed E-state index contributed by atoms with van der Waals surface area (Å²) < 4.78 is 0. The van der Waals surface area contributed by atoms with Crippen molar-refractivity contribution < 1.29 is 9.59 Å². The first kappa shape index (κ1) is 15.3. The van der Waals surface area contributed by atoms with E-state index in [9.17, 15) is 9.59 Å². The van der Waals surface area contributed by atoms with Gasteiger partial charge < -0.3 is 5.32 Å². The van der Waals surface area contributed by atoms with Crippen LogP contribution in [0.3, 0.4) is 0 Å². The molecule has 0 saturated carbocycles. The van der Waals surface area contributed by atoms with Crippen molar-refractivity contribution in [3.8, 4) is 0 Å². The van der Waals surface area contributed by atoms with Crippen molar-refractivity contribution in [1.29, 1.82) is 0 Å². The molecule has 0 aliphatic carbocycles. The summed E-state index contributed by atoms with van der Waals surface area (Å²) in [6, 6.07) is 8.79. The molecule has 2 aromatic carbocycles. The van der Waals surface area contributed by atoms with Crippen LogP contribution in [0.15, 0.2) is 36.4 Å². The molecule has 0 saturated heterocycles. The van der Waals surface area contributed by atoms with Crippen LogP contribution in [0.1, 0.15) is 0 Å². The normalized spacial score (nSPS) is 10.5. The van der Waals surface area contributed by atoms with Gasteiger partial charge in [-0.3, -0.25) is 4.79 Å². The minimum absolute atomic E-state index is 0.297. The number of nitrogens with zero attached hydrogens (tertiary/aromatic N) is 3. The lowest BCUT2D eigenvalue weighted by molar-refractivity contribution is -0.106. The minimum atomic E-state index is -0.638. The van der Waals surface area contributed by atoms with Crippen molar-refractivity contribution in [3.63, 3.8) is 0 Å². The number of hydrogen-bond donors (Lipinski definition) is 2. The zero-order valence-corrected chi connectivity index (χ0v) is 13.0. The number of benzene rings is 2. The van der Waals surface area contributed by atoms with Crippen LogP contribution >= 0.6 is 23.2 Å². The lowest BCUT2D eigenvalue weighted by atomic mass is 10.2. The first-order valence-corrected chi connectivity index (χ1v) is 7.15. The van der Waals surface area contributed by atoms with Crippen molar-refractivity contribution in [3.05, 3.63) is 46.4 Å². The van der Waals surface area contributed by atoms with Crippen molar-refractivity contribution in [2.75, 3.05) is 10.2 Å². The number of imide groups is 1. The summed E-state index contributed by atoms with van der Waals surface area (Å²) in [6.45, 7) is 0. The first-order valence-electron chi connectivity index (χ1n) is 6.39. The van der Waals surface area contributed by atoms with Crippen LogP contribution in [0.4, 0.5) is 16.2 Å². The second-order valence-electron chi connectivity index (χ2n) is 4.53. The molecule has 23 heavy (non-hydrogen) atoms. The Hall–Kier alpha value is -2.64. The molecule has 0 aliphatic rings. The fourth-order valence-corrected chi connectivity index (χ4v) is 2.26. The maximum Gasteiger partial charge on any atom is 0.332 e. The van der Waals surface area contributed by atoms with Gasteiger partial charge >= 0.3 is 6.03 Å². The van der Waals surface area contributed by atoms with E-state index in [0.29, 0.717) is 38.9 Å². The van der Waals surface area contributed by atoms with Crippen LogP contribution in [0.25, 0.3) is 11.0 Å². The van der Waals surface area contributed by atoms with Gasteiger partial charge in [-0.25, -0.2) is 9.69 Å². The molecular weight excluding hydrogens is 341 g/mol. The van der Waals surface area contributed by atoms with E-state index in [1.54, 1.807) is 30.3 Å². The SMILES string of the molecule is O=CN(C(=O)Nc1ccc(Cl)c(Cl)c1)c1ccc2n[nH]nc2c1. The second-order valence-corrected chi connectivity index (χ2v) is 5.35. The molecular formula is C14H9Cl2N5O2. The Morgan fingerprint density at radius 3 is 2.61 bits per heavy atom. The van der Waals surface area contributed by atoms with Gasteiger partial charge in [0.15, 0.2) is 0 Å². The van der Waals surface area contributed by atoms with E-state index in [2.05, 4.69) is 20.7 Å². The molecule has 0 spiro atoms. The van der Waals surface area contributed by atoms with Crippen LogP contribution in [0, 0.1) is 0 Å². The van der Waals surface area contributed by atoms with Gasteiger partial charge in [-0.2, -0.15) is 15.4 Å². The third-order valence-corrected chi connectivity index (χ3v) is 3.81. The number of carbonyl (C=O) groups is 2. The Morgan fingerprint density at radius 2 is 1.87 bits per heavy atom. The smallest absolute Gasteiger partial charge is 0.307 e. The predicted molar refractivity (Wildman–Crippen MR) is 87.9 cm³/mol. The summed E-state index contributed by atoms with van der Waals surface area (Å²) in [5.74, 6) is 0. The van der Waals surface area contributed by atoms with Crippen LogP contribution in [0.5, 0.6) is 0 Å². The van der Waals surface area contributed by atoms with E-state index in [4.69, 9.17) is 23.2 Å². The number of halogens is 2. The molecule has 3 rings (SSSR count). The van der Waals surface area contributed by atoms with E-state index in [0.717, 1.165) is 4.90 Å². The molecule has 1 aromatic heterocycles. The third-order valence-electron chi connectivity index (χ3n) is 3.07. The van der Waals surface area contributed by atoms with E-state index in [1.807, 2.05) is 0 Å². The summed E-state index contributed by atoms with van der Waals surface area (Å²) in [5.41, 5.74) is 1.94. The van der Waals surface area contributed by atoms with Gasteiger partial charge in [-0.05, 0) is 36.4 Å². The van der Waals surface area contributed by atoms with Gasteiger partial charge in [0.1, 0.15) is 11.0 Å². The van der Waals surface area contributed by atoms with Crippen LogP contribution in [-0.4, -0.2) is 27.9 Å². The van der Waals surface area contributed by atoms with E-state index >= 15 is 0 Å². The highest BCUT2D eigenvalue weighted by atomic mass is 35.5. The van der Waals surface area contributed by atoms with Gasteiger partial charge in [0.05, 0.1) is 15.7 Å². The molecule has 0 atom stereocenters. The van der Waals surface area contributed by atoms with Gasteiger partial charge in [-0.1, -0.05) is 23.2 Å². The average Bonchev–Trinajstić information content (AvgIpc) is 2.99. The van der Waals surface area contributed by atoms with Crippen LogP contribution in [-0.2, 0) is 4.79 Å². The maximum atomic E-state index is 12.3. The number of fused-ring (bicyclic) bond motifs is 1. The maximum absolute atomic E-state index is 12.3. The summed E-state index contributed by atoms with van der Waals surface area (Å²) in [5, 5.41) is 13.5. The van der Waals surface area contributed by atoms with Crippen molar-refractivity contribution >= 4 is 58.1 Å². The number of rotatable bonds is 3. The Balaban J connectivity index is 1.85. The number of carbonyl (C=O) groups excluding carboxylic acids is 2. The van der Waals surface area contributed by atoms with Crippen molar-refractivity contribution in [2.45, 2.75) is 0 Å². The molecule has 7 nitrogen and oxygen atoms in total. The number of anilines is 2. The average molecular weight is 350 g/mol. The highest BCUT2D eigenvalue weighted by molar-refractivity contribution is 6.42. The van der Waals surface area contributed by atoms with Crippen molar-refractivity contribution in [2.24, 2.45) is 0 Å². The number of hydrogen-bond acceptors (Lipinski definition) is 4. The van der Waals surface area contributed by atoms with Gasteiger partial charge in [0, 0.05) is 5.69 Å². The zero-order chi connectivity index (χ0) is 16.4. The molecule has 9 heteroatoms. The summed E-state index contributed by atoms with van der Waals surface area (Å²) in [6.07, 6.45) is 0.411. The molecule has 1 heterocycles. The predicted octanol–water partition coefficient (Wildman–Crippen LogP) is 3.46. The molecule has 0 radical (unpaired) electrons. The fraction of sp³-hybridized carbons (Fsp3) is 0. The van der Waals surface area contributed by atoms with Crippen LogP contribution < -0.4 is 10.2 Å². The molecule has 0 unspecified atom stereocenters. The quantitative estimate of drug-likeness (QED) is 0.708. The van der Waals surface area contributed by atoms with E-state index < -0.39 is 6.03 Å². The molecule has 0 aliphatic heterocycles. The minimum Gasteiger partial charge on any atom is -0.307 e. The number of aromatic nitrogens is 3. The largest absolute Gasteiger partial charge is 0.332 e. The Morgan fingerprint density at radius 1 is 1.09 bits per heavy atom. The summed E-state index contributed by atoms with van der Waals surface area (Å²) >= 11 is 11.7. The van der Waals surface area contributed by atoms with Gasteiger partial charge in [0.2, 0.25) is 6.41 Å². The third kappa shape index (κ3) is 3.10. The van der Waals surface area contributed by atoms with Gasteiger partial charge in [-0.15, -0.1) is 0 Å². The first-order chi connectivity index (χ1) is 11.1. The number of aromatic amines is 1. The summed E-state index contributed by atoms with van der Waals surface area (Å²) in [4.78, 5) is 24.5. The molecule has 3 aromatic rings. The number of urea groups is 1. The Bertz CT molecular complexity index is 896. The van der Waals surface area contributed by atoms with E-state index in [-0.39, 0.29) is 0 Å². The summed E-state index contributed by atoms with van der Waals surface area (Å²) in [7, 11) is 0. The van der Waals surface area contributed by atoms with E-state index in [1.165, 1.54) is 6.07 Å². The second kappa shape index (κ2) is 6.23. The topological polar surface area (TPSA) is 91.0 Å². The number of H-pyrrole nitrogens is 1. The number of nitrogens with one attached hydrogen (secondary N) is 2. The van der Waals surface area contributed by atoms with Crippen LogP contribution in [0.2, 0.25) is 10.0 Å². The van der Waals surface area contributed by atoms with Crippen molar-refractivity contribution in [1.82, 2.24) is 15.4 Å². The lowest BCUT2D eigenvalue weighted by Crippen LogP contribution is -2.33. The Labute approximate surface area is 140 Å². The van der Waals surface area contributed by atoms with Gasteiger partial charge in [0.25, 0.3) is 0 Å². The fourth-order valence-electron chi connectivity index (χ4n) is 1.96. The molecule has 3 amide bonds. The Kier molecular flexibility index (Phi) is 4.14. The highest BCUT2D eigenvalue weighted by Gasteiger charge is 2.16. The molecule has 0 fully saturated rings. The molecule has 0 bridgehead atoms. The molecule has 2 N–H and O–H groups in total. The zero-order valence-electron chi connectivity index (χ0n) is 11.5. The standard InChI is InChI=1S/C14H9Cl2N5O2/c15-10-3-1-8(5-11(10)16)17-14(23)21(7-22)9-2-4-12-13(6-9)19-20-18-12/h1-7H,(H,17,23)(H,18,19,20). The monoisotopic (exact) mass is 349 g/mol. The molecule has 116 valence electrons. The lowest BCUT2D eigenvalue weighted by Gasteiger charge is -2.16. The number of amides is 3. The highest BCUT2D eigenvalue weighted by Crippen LogP contribution is 2.25.